The molecule has 0 aliphatic heterocycles. The molecule has 2 heterocycles. The fourth-order valence-electron chi connectivity index (χ4n) is 1.54. The largest absolute Gasteiger partial charge is 0.248 e. The fraction of sp³-hybridized carbons (Fsp3) is 0.250. The number of rotatable bonds is 3. The molecule has 1 saturated carbocycles. The zero-order valence-corrected chi connectivity index (χ0v) is 12.5. The van der Waals surface area contributed by atoms with Crippen molar-refractivity contribution in [2.75, 3.05) is 0 Å². The molecule has 0 radical (unpaired) electrons. The van der Waals surface area contributed by atoms with E-state index in [-0.39, 0.29) is 0 Å². The van der Waals surface area contributed by atoms with Crippen molar-refractivity contribution in [3.63, 3.8) is 0 Å². The highest BCUT2D eigenvalue weighted by atomic mass is 79.9. The van der Waals surface area contributed by atoms with Crippen molar-refractivity contribution in [3.05, 3.63) is 39.8 Å². The number of hydrogen-bond acceptors (Lipinski definition) is 4. The van der Waals surface area contributed by atoms with Gasteiger partial charge in [-0.15, -0.1) is 0 Å². The van der Waals surface area contributed by atoms with Crippen LogP contribution >= 0.6 is 39.3 Å². The Labute approximate surface area is 123 Å². The third-order valence-corrected chi connectivity index (χ3v) is 4.32. The second-order valence-corrected chi connectivity index (χ2v) is 6.28. The van der Waals surface area contributed by atoms with E-state index in [1.165, 1.54) is 24.6 Å². The van der Waals surface area contributed by atoms with Crippen LogP contribution in [-0.4, -0.2) is 15.0 Å². The topological polar surface area (TPSA) is 38.7 Å². The Bertz CT molecular complexity index is 589. The van der Waals surface area contributed by atoms with Crippen molar-refractivity contribution in [2.45, 2.75) is 28.8 Å². The highest BCUT2D eigenvalue weighted by Crippen LogP contribution is 2.40. The fourth-order valence-corrected chi connectivity index (χ4v) is 3.11. The summed E-state index contributed by atoms with van der Waals surface area (Å²) in [5.74, 6) is 1.44. The van der Waals surface area contributed by atoms with E-state index in [4.69, 9.17) is 11.6 Å². The number of aromatic nitrogens is 3. The molecule has 18 heavy (non-hydrogen) atoms. The minimum absolute atomic E-state index is 0.529. The average molecular weight is 343 g/mol. The lowest BCUT2D eigenvalue weighted by atomic mass is 10.4. The summed E-state index contributed by atoms with van der Waals surface area (Å²) in [7, 11) is 0. The first-order valence-corrected chi connectivity index (χ1v) is 7.54. The van der Waals surface area contributed by atoms with Crippen molar-refractivity contribution < 1.29 is 0 Å². The molecule has 2 aromatic heterocycles. The van der Waals surface area contributed by atoms with E-state index in [1.807, 2.05) is 18.2 Å². The molecule has 92 valence electrons. The molecule has 0 saturated heterocycles. The van der Waals surface area contributed by atoms with Crippen molar-refractivity contribution in [3.8, 4) is 0 Å². The van der Waals surface area contributed by atoms with Crippen LogP contribution in [0.1, 0.15) is 24.6 Å². The lowest BCUT2D eigenvalue weighted by Gasteiger charge is -2.04. The standard InChI is InChI=1S/C12H9BrClN3S/c13-9-6-10(17-11(16-9)7-3-4-7)18-12-8(14)2-1-5-15-12/h1-2,5-7H,3-4H2. The maximum Gasteiger partial charge on any atom is 0.134 e. The van der Waals surface area contributed by atoms with E-state index in [2.05, 4.69) is 30.9 Å². The van der Waals surface area contributed by atoms with Crippen molar-refractivity contribution in [1.82, 2.24) is 15.0 Å². The van der Waals surface area contributed by atoms with Crippen LogP contribution in [0.15, 0.2) is 39.1 Å². The quantitative estimate of drug-likeness (QED) is 0.779. The molecule has 2 aromatic rings. The Hall–Kier alpha value is -0.650. The predicted octanol–water partition coefficient (Wildman–Crippen LogP) is 4.32. The smallest absolute Gasteiger partial charge is 0.134 e. The number of pyridine rings is 1. The first kappa shape index (κ1) is 12.4. The normalized spacial score (nSPS) is 14.8. The van der Waals surface area contributed by atoms with Gasteiger partial charge < -0.3 is 0 Å². The summed E-state index contributed by atoms with van der Waals surface area (Å²) in [6.45, 7) is 0. The Balaban J connectivity index is 1.90. The SMILES string of the molecule is Clc1cccnc1Sc1cc(Br)nc(C2CC2)n1. The molecule has 0 N–H and O–H groups in total. The van der Waals surface area contributed by atoms with E-state index >= 15 is 0 Å². The van der Waals surface area contributed by atoms with E-state index in [1.54, 1.807) is 6.20 Å². The first-order valence-electron chi connectivity index (χ1n) is 5.55. The number of hydrogen-bond donors (Lipinski definition) is 0. The Morgan fingerprint density at radius 1 is 1.33 bits per heavy atom. The molecule has 0 aromatic carbocycles. The van der Waals surface area contributed by atoms with Gasteiger partial charge in [0.15, 0.2) is 0 Å². The van der Waals surface area contributed by atoms with Gasteiger partial charge in [0.25, 0.3) is 0 Å². The Kier molecular flexibility index (Phi) is 3.54. The lowest BCUT2D eigenvalue weighted by Crippen LogP contribution is -1.95. The molecule has 0 amide bonds. The summed E-state index contributed by atoms with van der Waals surface area (Å²) in [6.07, 6.45) is 4.10. The van der Waals surface area contributed by atoms with Gasteiger partial charge in [-0.25, -0.2) is 15.0 Å². The third-order valence-electron chi connectivity index (χ3n) is 2.56. The minimum atomic E-state index is 0.529. The molecule has 3 rings (SSSR count). The van der Waals surface area contributed by atoms with Crippen LogP contribution in [0.2, 0.25) is 5.02 Å². The number of halogens is 2. The predicted molar refractivity (Wildman–Crippen MR) is 75.1 cm³/mol. The summed E-state index contributed by atoms with van der Waals surface area (Å²) in [5.41, 5.74) is 0. The average Bonchev–Trinajstić information content (AvgIpc) is 3.15. The van der Waals surface area contributed by atoms with Crippen molar-refractivity contribution in [2.24, 2.45) is 0 Å². The summed E-state index contributed by atoms with van der Waals surface area (Å²) >= 11 is 11.0. The van der Waals surface area contributed by atoms with E-state index in [9.17, 15) is 0 Å². The van der Waals surface area contributed by atoms with Crippen LogP contribution < -0.4 is 0 Å². The molecule has 3 nitrogen and oxygen atoms in total. The molecule has 0 unspecified atom stereocenters. The van der Waals surface area contributed by atoms with Gasteiger partial charge in [-0.2, -0.15) is 0 Å². The molecule has 6 heteroatoms. The van der Waals surface area contributed by atoms with Gasteiger partial charge >= 0.3 is 0 Å². The highest BCUT2D eigenvalue weighted by Gasteiger charge is 2.27. The molecular weight excluding hydrogens is 334 g/mol. The summed E-state index contributed by atoms with van der Waals surface area (Å²) in [6, 6.07) is 5.54. The number of nitrogens with zero attached hydrogens (tertiary/aromatic N) is 3. The van der Waals surface area contributed by atoms with Crippen LogP contribution in [0.25, 0.3) is 0 Å². The van der Waals surface area contributed by atoms with E-state index in [0.717, 1.165) is 20.5 Å². The summed E-state index contributed by atoms with van der Waals surface area (Å²) in [4.78, 5) is 13.2. The van der Waals surface area contributed by atoms with Crippen molar-refractivity contribution >= 4 is 39.3 Å². The maximum absolute atomic E-state index is 6.09. The van der Waals surface area contributed by atoms with Crippen molar-refractivity contribution in [1.29, 1.82) is 0 Å². The van der Waals surface area contributed by atoms with Gasteiger partial charge in [-0.05, 0) is 52.7 Å². The molecule has 0 atom stereocenters. The monoisotopic (exact) mass is 341 g/mol. The zero-order valence-electron chi connectivity index (χ0n) is 9.31. The van der Waals surface area contributed by atoms with E-state index in [0.29, 0.717) is 10.9 Å². The van der Waals surface area contributed by atoms with Gasteiger partial charge in [-0.1, -0.05) is 11.6 Å². The van der Waals surface area contributed by atoms with Gasteiger partial charge in [-0.3, -0.25) is 0 Å². The van der Waals surface area contributed by atoms with Crippen LogP contribution in [0.3, 0.4) is 0 Å². The van der Waals surface area contributed by atoms with Crippen LogP contribution in [0.4, 0.5) is 0 Å². The summed E-state index contributed by atoms with van der Waals surface area (Å²) < 4.78 is 0.814. The van der Waals surface area contributed by atoms with Gasteiger partial charge in [0.2, 0.25) is 0 Å². The zero-order chi connectivity index (χ0) is 12.5. The molecule has 0 spiro atoms. The maximum atomic E-state index is 6.09. The third kappa shape index (κ3) is 2.84. The molecule has 0 bridgehead atoms. The second kappa shape index (κ2) is 5.15. The molecular formula is C12H9BrClN3S. The Morgan fingerprint density at radius 2 is 2.17 bits per heavy atom. The first-order chi connectivity index (χ1) is 8.72. The highest BCUT2D eigenvalue weighted by molar-refractivity contribution is 9.10. The summed E-state index contributed by atoms with van der Waals surface area (Å²) in [5, 5.41) is 2.29. The molecule has 1 aliphatic rings. The van der Waals surface area contributed by atoms with Gasteiger partial charge in [0.05, 0.1) is 5.02 Å². The molecule has 1 aliphatic carbocycles. The molecule has 1 fully saturated rings. The van der Waals surface area contributed by atoms with Gasteiger partial charge in [0.1, 0.15) is 20.5 Å². The van der Waals surface area contributed by atoms with Crippen LogP contribution in [-0.2, 0) is 0 Å². The van der Waals surface area contributed by atoms with Gasteiger partial charge in [0, 0.05) is 18.2 Å². The Morgan fingerprint density at radius 3 is 2.89 bits per heavy atom. The van der Waals surface area contributed by atoms with E-state index < -0.39 is 0 Å². The van der Waals surface area contributed by atoms with Crippen LogP contribution in [0.5, 0.6) is 0 Å². The lowest BCUT2D eigenvalue weighted by molar-refractivity contribution is 0.865. The second-order valence-electron chi connectivity index (χ2n) is 4.05. The minimum Gasteiger partial charge on any atom is -0.248 e. The van der Waals surface area contributed by atoms with Crippen LogP contribution in [0, 0.1) is 0 Å².